The van der Waals surface area contributed by atoms with E-state index in [-0.39, 0.29) is 0 Å². The normalized spacial score (nSPS) is 12.7. The van der Waals surface area contributed by atoms with Crippen molar-refractivity contribution in [3.63, 3.8) is 0 Å². The highest BCUT2D eigenvalue weighted by molar-refractivity contribution is 7.13. The van der Waals surface area contributed by atoms with Gasteiger partial charge in [0.05, 0.1) is 5.69 Å². The molecule has 1 atom stereocenters. The highest BCUT2D eigenvalue weighted by Gasteiger charge is 2.11. The molecule has 0 radical (unpaired) electrons. The first-order chi connectivity index (χ1) is 9.79. The van der Waals surface area contributed by atoms with E-state index in [9.17, 15) is 0 Å². The Morgan fingerprint density at radius 2 is 1.95 bits per heavy atom. The molecule has 2 aromatic carbocycles. The average Bonchev–Trinajstić information content (AvgIpc) is 2.97. The van der Waals surface area contributed by atoms with E-state index in [1.807, 2.05) is 0 Å². The van der Waals surface area contributed by atoms with E-state index in [4.69, 9.17) is 4.98 Å². The van der Waals surface area contributed by atoms with E-state index in [0.29, 0.717) is 6.04 Å². The van der Waals surface area contributed by atoms with E-state index < -0.39 is 0 Å². The van der Waals surface area contributed by atoms with Gasteiger partial charge in [-0.1, -0.05) is 49.4 Å². The van der Waals surface area contributed by atoms with Gasteiger partial charge in [-0.05, 0) is 24.2 Å². The fourth-order valence-electron chi connectivity index (χ4n) is 2.43. The van der Waals surface area contributed by atoms with Crippen molar-refractivity contribution in [2.24, 2.45) is 0 Å². The van der Waals surface area contributed by atoms with E-state index in [1.54, 1.807) is 11.3 Å². The van der Waals surface area contributed by atoms with Crippen LogP contribution in [0.2, 0.25) is 0 Å². The molecule has 0 saturated heterocycles. The minimum Gasteiger partial charge on any atom is -0.309 e. The highest BCUT2D eigenvalue weighted by Crippen LogP contribution is 2.31. The number of hydrogen-bond acceptors (Lipinski definition) is 3. The summed E-state index contributed by atoms with van der Waals surface area (Å²) >= 11 is 1.72. The van der Waals surface area contributed by atoms with Crippen LogP contribution in [-0.4, -0.2) is 11.5 Å². The van der Waals surface area contributed by atoms with Crippen molar-refractivity contribution in [3.8, 4) is 10.6 Å². The molecule has 0 bridgehead atoms. The average molecular weight is 282 g/mol. The van der Waals surface area contributed by atoms with Gasteiger partial charge in [-0.2, -0.15) is 0 Å². The van der Waals surface area contributed by atoms with Gasteiger partial charge in [0.25, 0.3) is 0 Å². The minimum absolute atomic E-state index is 0.306. The minimum atomic E-state index is 0.306. The molecule has 3 heteroatoms. The number of rotatable bonds is 4. The zero-order valence-corrected chi connectivity index (χ0v) is 12.6. The molecule has 1 aromatic heterocycles. The van der Waals surface area contributed by atoms with Gasteiger partial charge in [0, 0.05) is 17.0 Å². The molecular weight excluding hydrogens is 264 g/mol. The summed E-state index contributed by atoms with van der Waals surface area (Å²) in [5, 5.41) is 9.20. The first-order valence-electron chi connectivity index (χ1n) is 6.96. The van der Waals surface area contributed by atoms with Gasteiger partial charge in [0.2, 0.25) is 0 Å². The zero-order valence-electron chi connectivity index (χ0n) is 11.8. The second-order valence-electron chi connectivity index (χ2n) is 4.88. The van der Waals surface area contributed by atoms with Crippen LogP contribution in [0.5, 0.6) is 0 Å². The summed E-state index contributed by atoms with van der Waals surface area (Å²) in [6.07, 6.45) is 0. The van der Waals surface area contributed by atoms with Gasteiger partial charge in [-0.3, -0.25) is 0 Å². The van der Waals surface area contributed by atoms with Crippen LogP contribution in [0.25, 0.3) is 21.3 Å². The highest BCUT2D eigenvalue weighted by atomic mass is 32.1. The lowest BCUT2D eigenvalue weighted by atomic mass is 10.1. The van der Waals surface area contributed by atoms with Crippen molar-refractivity contribution >= 4 is 22.1 Å². The molecule has 1 unspecified atom stereocenters. The predicted molar refractivity (Wildman–Crippen MR) is 87.1 cm³/mol. The largest absolute Gasteiger partial charge is 0.309 e. The van der Waals surface area contributed by atoms with Gasteiger partial charge >= 0.3 is 0 Å². The maximum atomic E-state index is 4.81. The summed E-state index contributed by atoms with van der Waals surface area (Å²) in [5.74, 6) is 0. The van der Waals surface area contributed by atoms with Gasteiger partial charge in [0.15, 0.2) is 0 Å². The van der Waals surface area contributed by atoms with E-state index in [1.165, 1.54) is 16.3 Å². The van der Waals surface area contributed by atoms with Gasteiger partial charge in [-0.15, -0.1) is 11.3 Å². The summed E-state index contributed by atoms with van der Waals surface area (Å²) in [6, 6.07) is 15.2. The molecular formula is C17H18N2S. The fourth-order valence-corrected chi connectivity index (χ4v) is 3.38. The topological polar surface area (TPSA) is 24.9 Å². The summed E-state index contributed by atoms with van der Waals surface area (Å²) in [4.78, 5) is 4.81. The summed E-state index contributed by atoms with van der Waals surface area (Å²) < 4.78 is 0. The van der Waals surface area contributed by atoms with Crippen molar-refractivity contribution in [1.29, 1.82) is 0 Å². The number of nitrogens with zero attached hydrogens (tertiary/aromatic N) is 1. The Balaban J connectivity index is 2.03. The van der Waals surface area contributed by atoms with Crippen molar-refractivity contribution in [2.75, 3.05) is 6.54 Å². The molecule has 0 aliphatic rings. The maximum absolute atomic E-state index is 4.81. The number of hydrogen-bond donors (Lipinski definition) is 1. The molecule has 0 aliphatic carbocycles. The Labute approximate surface area is 123 Å². The molecule has 1 heterocycles. The second kappa shape index (κ2) is 5.73. The summed E-state index contributed by atoms with van der Waals surface area (Å²) in [5.41, 5.74) is 2.35. The number of fused-ring (bicyclic) bond motifs is 1. The molecule has 0 fully saturated rings. The van der Waals surface area contributed by atoms with Crippen LogP contribution in [0.4, 0.5) is 0 Å². The van der Waals surface area contributed by atoms with Crippen LogP contribution < -0.4 is 5.32 Å². The van der Waals surface area contributed by atoms with Crippen LogP contribution in [0.3, 0.4) is 0 Å². The standard InChI is InChI=1S/C17H18N2S/c1-3-18-12(2)16-11-20-17(19-16)15-10-6-8-13-7-4-5-9-14(13)15/h4-12,18H,3H2,1-2H3. The second-order valence-corrected chi connectivity index (χ2v) is 5.74. The molecule has 0 aliphatic heterocycles. The third-order valence-electron chi connectivity index (χ3n) is 3.50. The predicted octanol–water partition coefficient (Wildman–Crippen LogP) is 4.63. The first-order valence-corrected chi connectivity index (χ1v) is 7.84. The maximum Gasteiger partial charge on any atom is 0.124 e. The SMILES string of the molecule is CCNC(C)c1csc(-c2cccc3ccccc23)n1. The number of benzene rings is 2. The molecule has 1 N–H and O–H groups in total. The number of thiazole rings is 1. The van der Waals surface area contributed by atoms with Crippen LogP contribution in [0.15, 0.2) is 47.8 Å². The Morgan fingerprint density at radius 3 is 2.80 bits per heavy atom. The van der Waals surface area contributed by atoms with Crippen LogP contribution >= 0.6 is 11.3 Å². The van der Waals surface area contributed by atoms with E-state index in [2.05, 4.69) is 67.0 Å². The zero-order chi connectivity index (χ0) is 13.9. The smallest absolute Gasteiger partial charge is 0.124 e. The van der Waals surface area contributed by atoms with Crippen LogP contribution in [-0.2, 0) is 0 Å². The lowest BCUT2D eigenvalue weighted by Gasteiger charge is -2.08. The molecule has 102 valence electrons. The molecule has 0 amide bonds. The van der Waals surface area contributed by atoms with Crippen LogP contribution in [0, 0.1) is 0 Å². The van der Waals surface area contributed by atoms with Gasteiger partial charge < -0.3 is 5.32 Å². The third-order valence-corrected chi connectivity index (χ3v) is 4.39. The van der Waals surface area contributed by atoms with Gasteiger partial charge in [-0.25, -0.2) is 4.98 Å². The Morgan fingerprint density at radius 1 is 1.15 bits per heavy atom. The molecule has 20 heavy (non-hydrogen) atoms. The Hall–Kier alpha value is -1.71. The summed E-state index contributed by atoms with van der Waals surface area (Å²) in [6.45, 7) is 5.24. The Bertz CT molecular complexity index is 712. The van der Waals surface area contributed by atoms with E-state index >= 15 is 0 Å². The monoisotopic (exact) mass is 282 g/mol. The van der Waals surface area contributed by atoms with Crippen molar-refractivity contribution in [3.05, 3.63) is 53.5 Å². The van der Waals surface area contributed by atoms with Crippen LogP contribution in [0.1, 0.15) is 25.6 Å². The van der Waals surface area contributed by atoms with E-state index in [0.717, 1.165) is 17.2 Å². The first kappa shape index (κ1) is 13.3. The quantitative estimate of drug-likeness (QED) is 0.754. The molecule has 2 nitrogen and oxygen atoms in total. The molecule has 0 spiro atoms. The molecule has 0 saturated carbocycles. The Kier molecular flexibility index (Phi) is 3.81. The number of nitrogens with one attached hydrogen (secondary N) is 1. The van der Waals surface area contributed by atoms with Crippen molar-refractivity contribution in [2.45, 2.75) is 19.9 Å². The lowest BCUT2D eigenvalue weighted by Crippen LogP contribution is -2.17. The van der Waals surface area contributed by atoms with Crippen molar-refractivity contribution in [1.82, 2.24) is 10.3 Å². The molecule has 3 aromatic rings. The van der Waals surface area contributed by atoms with Gasteiger partial charge in [0.1, 0.15) is 5.01 Å². The molecule has 3 rings (SSSR count). The lowest BCUT2D eigenvalue weighted by molar-refractivity contribution is 0.587. The third kappa shape index (κ3) is 2.47. The number of aromatic nitrogens is 1. The summed E-state index contributed by atoms with van der Waals surface area (Å²) in [7, 11) is 0. The van der Waals surface area contributed by atoms with Crippen molar-refractivity contribution < 1.29 is 0 Å². The fraction of sp³-hybridized carbons (Fsp3) is 0.235.